The van der Waals surface area contributed by atoms with Gasteiger partial charge in [-0.3, -0.25) is 4.79 Å². The third kappa shape index (κ3) is 4.29. The second kappa shape index (κ2) is 8.53. The molecule has 1 atom stereocenters. The second-order valence-corrected chi connectivity index (χ2v) is 6.34. The molecule has 0 aliphatic carbocycles. The summed E-state index contributed by atoms with van der Waals surface area (Å²) >= 11 is 0. The SMILES string of the molecule is CCOc1cc2c(cc1NC(=O)COc1ccc(C#N)cc1OC)O[C@H](C)C2. The summed E-state index contributed by atoms with van der Waals surface area (Å²) in [7, 11) is 1.48. The molecule has 7 nitrogen and oxygen atoms in total. The monoisotopic (exact) mass is 382 g/mol. The van der Waals surface area contributed by atoms with Crippen molar-refractivity contribution in [3.8, 4) is 29.1 Å². The maximum Gasteiger partial charge on any atom is 0.262 e. The summed E-state index contributed by atoms with van der Waals surface area (Å²) in [6.07, 6.45) is 0.910. The van der Waals surface area contributed by atoms with E-state index in [0.29, 0.717) is 35.1 Å². The van der Waals surface area contributed by atoms with Crippen LogP contribution in [-0.2, 0) is 11.2 Å². The first kappa shape index (κ1) is 19.4. The lowest BCUT2D eigenvalue weighted by molar-refractivity contribution is -0.118. The second-order valence-electron chi connectivity index (χ2n) is 6.34. The van der Waals surface area contributed by atoms with Crippen LogP contribution >= 0.6 is 0 Å². The topological polar surface area (TPSA) is 89.8 Å². The van der Waals surface area contributed by atoms with E-state index in [4.69, 9.17) is 24.2 Å². The molecule has 1 N–H and O–H groups in total. The first-order valence-corrected chi connectivity index (χ1v) is 9.01. The number of nitrogens with zero attached hydrogens (tertiary/aromatic N) is 1. The van der Waals surface area contributed by atoms with Crippen LogP contribution in [0.25, 0.3) is 0 Å². The Bertz CT molecular complexity index is 920. The lowest BCUT2D eigenvalue weighted by Gasteiger charge is -2.14. The molecule has 0 bridgehead atoms. The molecule has 7 heteroatoms. The first-order chi connectivity index (χ1) is 13.5. The number of nitriles is 1. The van der Waals surface area contributed by atoms with Crippen LogP contribution in [0.3, 0.4) is 0 Å². The van der Waals surface area contributed by atoms with Gasteiger partial charge in [0.1, 0.15) is 17.6 Å². The van der Waals surface area contributed by atoms with Crippen LogP contribution in [0.2, 0.25) is 0 Å². The summed E-state index contributed by atoms with van der Waals surface area (Å²) < 4.78 is 22.2. The standard InChI is InChI=1S/C21H22N2O5/c1-4-26-19-9-15-7-13(2)28-18(15)10-16(19)23-21(24)12-27-17-6-5-14(11-22)8-20(17)25-3/h5-6,8-10,13H,4,7,12H2,1-3H3,(H,23,24)/t13-/m1/s1. The normalized spacial score (nSPS) is 14.4. The lowest BCUT2D eigenvalue weighted by atomic mass is 10.1. The van der Waals surface area contributed by atoms with E-state index in [1.54, 1.807) is 24.3 Å². The van der Waals surface area contributed by atoms with Crippen LogP contribution in [-0.4, -0.2) is 32.3 Å². The number of hydrogen-bond acceptors (Lipinski definition) is 6. The van der Waals surface area contributed by atoms with Crippen LogP contribution in [0.1, 0.15) is 25.0 Å². The van der Waals surface area contributed by atoms with Crippen molar-refractivity contribution in [3.63, 3.8) is 0 Å². The quantitative estimate of drug-likeness (QED) is 0.790. The van der Waals surface area contributed by atoms with Gasteiger partial charge in [0.25, 0.3) is 5.91 Å². The molecule has 2 aromatic carbocycles. The zero-order valence-electron chi connectivity index (χ0n) is 16.1. The molecule has 0 aromatic heterocycles. The van der Waals surface area contributed by atoms with Crippen molar-refractivity contribution in [2.45, 2.75) is 26.4 Å². The molecule has 1 aliphatic rings. The van der Waals surface area contributed by atoms with Gasteiger partial charge in [0.2, 0.25) is 0 Å². The highest BCUT2D eigenvalue weighted by Gasteiger charge is 2.22. The molecular formula is C21H22N2O5. The van der Waals surface area contributed by atoms with Gasteiger partial charge in [-0.25, -0.2) is 0 Å². The van der Waals surface area contributed by atoms with Crippen molar-refractivity contribution in [1.82, 2.24) is 0 Å². The molecule has 1 amide bonds. The Hall–Kier alpha value is -3.40. The number of benzene rings is 2. The van der Waals surface area contributed by atoms with Gasteiger partial charge >= 0.3 is 0 Å². The molecule has 146 valence electrons. The number of hydrogen-bond donors (Lipinski definition) is 1. The van der Waals surface area contributed by atoms with Crippen LogP contribution in [0.4, 0.5) is 5.69 Å². The van der Waals surface area contributed by atoms with Crippen molar-refractivity contribution >= 4 is 11.6 Å². The predicted octanol–water partition coefficient (Wildman–Crippen LogP) is 3.31. The Morgan fingerprint density at radius 2 is 2.07 bits per heavy atom. The summed E-state index contributed by atoms with van der Waals surface area (Å²) in [6.45, 7) is 4.15. The Labute approximate surface area is 163 Å². The van der Waals surface area contributed by atoms with E-state index in [1.165, 1.54) is 7.11 Å². The van der Waals surface area contributed by atoms with Gasteiger partial charge in [-0.15, -0.1) is 0 Å². The number of carbonyl (C=O) groups excluding carboxylic acids is 1. The average molecular weight is 382 g/mol. The molecule has 0 saturated heterocycles. The fraction of sp³-hybridized carbons (Fsp3) is 0.333. The summed E-state index contributed by atoms with van der Waals surface area (Å²) in [4.78, 5) is 12.4. The van der Waals surface area contributed by atoms with Crippen molar-refractivity contribution in [1.29, 1.82) is 5.26 Å². The van der Waals surface area contributed by atoms with Crippen molar-refractivity contribution < 1.29 is 23.7 Å². The van der Waals surface area contributed by atoms with E-state index in [2.05, 4.69) is 5.32 Å². The highest BCUT2D eigenvalue weighted by Crippen LogP contribution is 2.38. The minimum absolute atomic E-state index is 0.0996. The van der Waals surface area contributed by atoms with Gasteiger partial charge in [0.15, 0.2) is 18.1 Å². The molecule has 3 rings (SSSR count). The van der Waals surface area contributed by atoms with E-state index in [-0.39, 0.29) is 18.6 Å². The molecule has 0 spiro atoms. The van der Waals surface area contributed by atoms with E-state index < -0.39 is 0 Å². The average Bonchev–Trinajstić information content (AvgIpc) is 3.05. The zero-order valence-corrected chi connectivity index (χ0v) is 16.1. The maximum absolute atomic E-state index is 12.4. The summed E-state index contributed by atoms with van der Waals surface area (Å²) in [5, 5.41) is 11.8. The van der Waals surface area contributed by atoms with E-state index in [9.17, 15) is 4.79 Å². The molecule has 0 saturated carbocycles. The number of nitrogens with one attached hydrogen (secondary N) is 1. The smallest absolute Gasteiger partial charge is 0.262 e. The van der Waals surface area contributed by atoms with Gasteiger partial charge in [0, 0.05) is 24.1 Å². The van der Waals surface area contributed by atoms with Gasteiger partial charge < -0.3 is 24.3 Å². The van der Waals surface area contributed by atoms with Gasteiger partial charge in [-0.2, -0.15) is 5.26 Å². The fourth-order valence-electron chi connectivity index (χ4n) is 3.00. The van der Waals surface area contributed by atoms with Crippen LogP contribution in [0.5, 0.6) is 23.0 Å². The predicted molar refractivity (Wildman–Crippen MR) is 103 cm³/mol. The zero-order chi connectivity index (χ0) is 20.1. The van der Waals surface area contributed by atoms with E-state index in [1.807, 2.05) is 26.0 Å². The molecule has 0 fully saturated rings. The number of carbonyl (C=O) groups is 1. The number of rotatable bonds is 7. The highest BCUT2D eigenvalue weighted by molar-refractivity contribution is 5.93. The fourth-order valence-corrected chi connectivity index (χ4v) is 3.00. The first-order valence-electron chi connectivity index (χ1n) is 9.01. The number of methoxy groups -OCH3 is 1. The minimum atomic E-state index is -0.349. The summed E-state index contributed by atoms with van der Waals surface area (Å²) in [5.41, 5.74) is 2.05. The highest BCUT2D eigenvalue weighted by atomic mass is 16.5. The Morgan fingerprint density at radius 1 is 1.25 bits per heavy atom. The van der Waals surface area contributed by atoms with Crippen molar-refractivity contribution in [3.05, 3.63) is 41.5 Å². The number of fused-ring (bicyclic) bond motifs is 1. The van der Waals surface area contributed by atoms with E-state index >= 15 is 0 Å². The van der Waals surface area contributed by atoms with Gasteiger partial charge in [-0.1, -0.05) is 0 Å². The molecule has 2 aromatic rings. The third-order valence-electron chi connectivity index (χ3n) is 4.22. The van der Waals surface area contributed by atoms with Crippen LogP contribution in [0, 0.1) is 11.3 Å². The summed E-state index contributed by atoms with van der Waals surface area (Å²) in [6, 6.07) is 10.5. The Morgan fingerprint density at radius 3 is 2.79 bits per heavy atom. The third-order valence-corrected chi connectivity index (χ3v) is 4.22. The number of anilines is 1. The molecule has 1 aliphatic heterocycles. The van der Waals surface area contributed by atoms with Crippen molar-refractivity contribution in [2.24, 2.45) is 0 Å². The Kier molecular flexibility index (Phi) is 5.90. The molecule has 0 radical (unpaired) electrons. The number of amides is 1. The Balaban J connectivity index is 1.70. The van der Waals surface area contributed by atoms with Gasteiger partial charge in [-0.05, 0) is 32.0 Å². The number of ether oxygens (including phenoxy) is 4. The minimum Gasteiger partial charge on any atom is -0.493 e. The van der Waals surface area contributed by atoms with E-state index in [0.717, 1.165) is 17.7 Å². The van der Waals surface area contributed by atoms with Crippen LogP contribution < -0.4 is 24.3 Å². The molecule has 28 heavy (non-hydrogen) atoms. The lowest BCUT2D eigenvalue weighted by Crippen LogP contribution is -2.21. The maximum atomic E-state index is 12.4. The molecule has 0 unspecified atom stereocenters. The van der Waals surface area contributed by atoms with Gasteiger partial charge in [0.05, 0.1) is 31.0 Å². The molecular weight excluding hydrogens is 360 g/mol. The summed E-state index contributed by atoms with van der Waals surface area (Å²) in [5.74, 6) is 1.78. The molecule has 1 heterocycles. The van der Waals surface area contributed by atoms with Crippen molar-refractivity contribution in [2.75, 3.05) is 25.6 Å². The van der Waals surface area contributed by atoms with Crippen LogP contribution in [0.15, 0.2) is 30.3 Å². The largest absolute Gasteiger partial charge is 0.493 e.